The smallest absolute Gasteiger partial charge is 0.123 e. The summed E-state index contributed by atoms with van der Waals surface area (Å²) in [5, 5.41) is 10.3. The van der Waals surface area contributed by atoms with E-state index in [1.807, 2.05) is 6.92 Å². The zero-order chi connectivity index (χ0) is 9.90. The van der Waals surface area contributed by atoms with E-state index in [-0.39, 0.29) is 0 Å². The van der Waals surface area contributed by atoms with Crippen LogP contribution >= 0.6 is 27.3 Å². The Balaban J connectivity index is 2.95. The maximum absolute atomic E-state index is 10.3. The van der Waals surface area contributed by atoms with Crippen LogP contribution in [0.5, 0.6) is 0 Å². The summed E-state index contributed by atoms with van der Waals surface area (Å²) >= 11 is 4.87. The predicted molar refractivity (Wildman–Crippen MR) is 58.9 cm³/mol. The summed E-state index contributed by atoms with van der Waals surface area (Å²) in [6, 6.07) is 0. The minimum Gasteiger partial charge on any atom is -0.384 e. The van der Waals surface area contributed by atoms with Crippen molar-refractivity contribution in [2.45, 2.75) is 38.7 Å². The lowest BCUT2D eigenvalue weighted by molar-refractivity contribution is 0.0254. The SMILES string of the molecule is CCCC(O)(CC)c1scnc1Br. The second kappa shape index (κ2) is 4.53. The normalized spacial score (nSPS) is 15.7. The van der Waals surface area contributed by atoms with Crippen molar-refractivity contribution >= 4 is 27.3 Å². The molecule has 0 aromatic carbocycles. The van der Waals surface area contributed by atoms with Gasteiger partial charge in [0, 0.05) is 0 Å². The lowest BCUT2D eigenvalue weighted by Crippen LogP contribution is -2.23. The lowest BCUT2D eigenvalue weighted by atomic mass is 9.94. The Kier molecular flexibility index (Phi) is 3.88. The molecule has 2 nitrogen and oxygen atoms in total. The van der Waals surface area contributed by atoms with Crippen molar-refractivity contribution in [1.29, 1.82) is 0 Å². The molecule has 0 amide bonds. The fraction of sp³-hybridized carbons (Fsp3) is 0.667. The standard InChI is InChI=1S/C9H14BrNOS/c1-3-5-9(12,4-2)7-8(10)11-6-13-7/h6,12H,3-5H2,1-2H3. The first-order valence-corrected chi connectivity index (χ1v) is 6.13. The van der Waals surface area contributed by atoms with E-state index in [9.17, 15) is 5.11 Å². The van der Waals surface area contributed by atoms with Crippen LogP contribution in [0.4, 0.5) is 0 Å². The van der Waals surface area contributed by atoms with E-state index in [1.54, 1.807) is 5.51 Å². The summed E-state index contributed by atoms with van der Waals surface area (Å²) in [5.74, 6) is 0. The van der Waals surface area contributed by atoms with E-state index >= 15 is 0 Å². The third-order valence-corrected chi connectivity index (χ3v) is 4.08. The Morgan fingerprint density at radius 2 is 2.31 bits per heavy atom. The molecule has 0 aliphatic rings. The van der Waals surface area contributed by atoms with Crippen LogP contribution < -0.4 is 0 Å². The Bertz CT molecular complexity index is 276. The molecule has 1 aromatic rings. The molecule has 1 aromatic heterocycles. The van der Waals surface area contributed by atoms with Crippen molar-refractivity contribution < 1.29 is 5.11 Å². The molecule has 4 heteroatoms. The minimum absolute atomic E-state index is 0.686. The Labute approximate surface area is 91.1 Å². The average Bonchev–Trinajstić information content (AvgIpc) is 2.52. The topological polar surface area (TPSA) is 33.1 Å². The highest BCUT2D eigenvalue weighted by Gasteiger charge is 2.30. The molecular formula is C9H14BrNOS. The summed E-state index contributed by atoms with van der Waals surface area (Å²) in [6.45, 7) is 4.08. The maximum atomic E-state index is 10.3. The second-order valence-corrected chi connectivity index (χ2v) is 4.71. The summed E-state index contributed by atoms with van der Waals surface area (Å²) in [7, 11) is 0. The molecule has 74 valence electrons. The Hall–Kier alpha value is 0.0700. The highest BCUT2D eigenvalue weighted by Crippen LogP contribution is 2.37. The van der Waals surface area contributed by atoms with E-state index in [0.717, 1.165) is 28.7 Å². The molecule has 0 aliphatic carbocycles. The van der Waals surface area contributed by atoms with Gasteiger partial charge in [0.15, 0.2) is 0 Å². The van der Waals surface area contributed by atoms with Gasteiger partial charge in [-0.1, -0.05) is 20.3 Å². The van der Waals surface area contributed by atoms with Crippen molar-refractivity contribution in [2.75, 3.05) is 0 Å². The molecule has 0 fully saturated rings. The third-order valence-electron chi connectivity index (χ3n) is 2.20. The largest absolute Gasteiger partial charge is 0.384 e. The molecule has 1 rings (SSSR count). The van der Waals surface area contributed by atoms with E-state index in [0.29, 0.717) is 0 Å². The molecule has 1 unspecified atom stereocenters. The van der Waals surface area contributed by atoms with Crippen LogP contribution in [0.1, 0.15) is 38.0 Å². The minimum atomic E-state index is -0.686. The van der Waals surface area contributed by atoms with Gasteiger partial charge in [-0.25, -0.2) is 4.98 Å². The number of halogens is 1. The monoisotopic (exact) mass is 263 g/mol. The quantitative estimate of drug-likeness (QED) is 0.905. The molecule has 0 saturated carbocycles. The molecule has 1 N–H and O–H groups in total. The number of thiazole rings is 1. The van der Waals surface area contributed by atoms with Crippen LogP contribution in [0.3, 0.4) is 0 Å². The van der Waals surface area contributed by atoms with Gasteiger partial charge in [0.25, 0.3) is 0 Å². The van der Waals surface area contributed by atoms with Crippen LogP contribution in [0, 0.1) is 0 Å². The second-order valence-electron chi connectivity index (χ2n) is 3.11. The van der Waals surface area contributed by atoms with Crippen molar-refractivity contribution in [1.82, 2.24) is 4.98 Å². The molecule has 1 heterocycles. The first kappa shape index (κ1) is 11.1. The summed E-state index contributed by atoms with van der Waals surface area (Å²) in [4.78, 5) is 5.04. The average molecular weight is 264 g/mol. The van der Waals surface area contributed by atoms with Crippen LogP contribution in [-0.4, -0.2) is 10.1 Å². The summed E-state index contributed by atoms with van der Waals surface area (Å²) in [6.07, 6.45) is 2.51. The molecule has 0 aliphatic heterocycles. The van der Waals surface area contributed by atoms with E-state index < -0.39 is 5.60 Å². The lowest BCUT2D eigenvalue weighted by Gasteiger charge is -2.24. The van der Waals surface area contributed by atoms with Gasteiger partial charge in [-0.15, -0.1) is 11.3 Å². The van der Waals surface area contributed by atoms with Gasteiger partial charge in [-0.2, -0.15) is 0 Å². The fourth-order valence-electron chi connectivity index (χ4n) is 1.40. The van der Waals surface area contributed by atoms with Gasteiger partial charge < -0.3 is 5.11 Å². The molecular weight excluding hydrogens is 250 g/mol. The van der Waals surface area contributed by atoms with Gasteiger partial charge in [0.1, 0.15) is 10.2 Å². The Morgan fingerprint density at radius 1 is 1.62 bits per heavy atom. The first-order chi connectivity index (χ1) is 6.14. The van der Waals surface area contributed by atoms with Crippen LogP contribution in [0.25, 0.3) is 0 Å². The number of hydrogen-bond acceptors (Lipinski definition) is 3. The summed E-state index contributed by atoms with van der Waals surface area (Å²) < 4.78 is 0.787. The fourth-order valence-corrected chi connectivity index (χ4v) is 3.17. The van der Waals surface area contributed by atoms with Crippen LogP contribution in [0.15, 0.2) is 10.1 Å². The summed E-state index contributed by atoms with van der Waals surface area (Å²) in [5.41, 5.74) is 1.07. The molecule has 0 radical (unpaired) electrons. The van der Waals surface area contributed by atoms with Crippen molar-refractivity contribution in [3.05, 3.63) is 15.0 Å². The molecule has 13 heavy (non-hydrogen) atoms. The molecule has 0 saturated heterocycles. The van der Waals surface area contributed by atoms with E-state index in [1.165, 1.54) is 11.3 Å². The van der Waals surface area contributed by atoms with Gasteiger partial charge in [-0.3, -0.25) is 0 Å². The van der Waals surface area contributed by atoms with E-state index in [2.05, 4.69) is 27.8 Å². The molecule has 1 atom stereocenters. The van der Waals surface area contributed by atoms with Gasteiger partial charge >= 0.3 is 0 Å². The number of nitrogens with zero attached hydrogens (tertiary/aromatic N) is 1. The Morgan fingerprint density at radius 3 is 2.69 bits per heavy atom. The van der Waals surface area contributed by atoms with Crippen molar-refractivity contribution in [2.24, 2.45) is 0 Å². The predicted octanol–water partition coefficient (Wildman–Crippen LogP) is 3.30. The zero-order valence-electron chi connectivity index (χ0n) is 7.88. The third kappa shape index (κ3) is 2.30. The maximum Gasteiger partial charge on any atom is 0.123 e. The van der Waals surface area contributed by atoms with E-state index in [4.69, 9.17) is 0 Å². The van der Waals surface area contributed by atoms with Gasteiger partial charge in [0.05, 0.1) is 10.4 Å². The van der Waals surface area contributed by atoms with Crippen LogP contribution in [-0.2, 0) is 5.60 Å². The van der Waals surface area contributed by atoms with Crippen molar-refractivity contribution in [3.8, 4) is 0 Å². The van der Waals surface area contributed by atoms with Gasteiger partial charge in [0.2, 0.25) is 0 Å². The molecule has 0 spiro atoms. The van der Waals surface area contributed by atoms with Crippen LogP contribution in [0.2, 0.25) is 0 Å². The number of aromatic nitrogens is 1. The highest BCUT2D eigenvalue weighted by molar-refractivity contribution is 9.10. The number of rotatable bonds is 4. The zero-order valence-corrected chi connectivity index (χ0v) is 10.3. The van der Waals surface area contributed by atoms with Gasteiger partial charge in [-0.05, 0) is 28.8 Å². The number of aliphatic hydroxyl groups is 1. The highest BCUT2D eigenvalue weighted by atomic mass is 79.9. The van der Waals surface area contributed by atoms with Crippen molar-refractivity contribution in [3.63, 3.8) is 0 Å². The number of hydrogen-bond donors (Lipinski definition) is 1. The molecule has 0 bridgehead atoms. The first-order valence-electron chi connectivity index (χ1n) is 4.46.